The molecule has 1 aliphatic heterocycles. The summed E-state index contributed by atoms with van der Waals surface area (Å²) in [7, 11) is 0. The molecule has 1 aliphatic rings. The SMILES string of the molecule is Cc1cc2c(cc1C)CC(C)NCC2.Cl. The third-order valence-electron chi connectivity index (χ3n) is 3.23. The molecule has 0 radical (unpaired) electrons. The second kappa shape index (κ2) is 5.00. The van der Waals surface area contributed by atoms with Crippen LogP contribution in [0.5, 0.6) is 0 Å². The highest BCUT2D eigenvalue weighted by atomic mass is 35.5. The van der Waals surface area contributed by atoms with Crippen molar-refractivity contribution in [3.8, 4) is 0 Å². The standard InChI is InChI=1S/C13H19N.ClH/c1-9-6-12-4-5-14-11(3)8-13(12)7-10(9)2;/h6-7,11,14H,4-5,8H2,1-3H3;1H. The quantitative estimate of drug-likeness (QED) is 0.716. The molecule has 1 heterocycles. The Kier molecular flexibility index (Phi) is 4.18. The molecule has 2 heteroatoms. The fraction of sp³-hybridized carbons (Fsp3) is 0.538. The molecule has 0 spiro atoms. The minimum absolute atomic E-state index is 0. The van der Waals surface area contributed by atoms with Gasteiger partial charge in [0.2, 0.25) is 0 Å². The van der Waals surface area contributed by atoms with Gasteiger partial charge in [-0.3, -0.25) is 0 Å². The van der Waals surface area contributed by atoms with Crippen molar-refractivity contribution in [2.24, 2.45) is 0 Å². The summed E-state index contributed by atoms with van der Waals surface area (Å²) in [4.78, 5) is 0. The van der Waals surface area contributed by atoms with E-state index in [1.807, 2.05) is 0 Å². The first-order valence-corrected chi connectivity index (χ1v) is 5.49. The normalized spacial score (nSPS) is 20.1. The molecular weight excluding hydrogens is 206 g/mol. The molecule has 2 rings (SSSR count). The second-order valence-corrected chi connectivity index (χ2v) is 4.51. The van der Waals surface area contributed by atoms with E-state index in [1.165, 1.54) is 24.0 Å². The van der Waals surface area contributed by atoms with Crippen molar-refractivity contribution in [3.05, 3.63) is 34.4 Å². The van der Waals surface area contributed by atoms with Gasteiger partial charge < -0.3 is 5.32 Å². The Morgan fingerprint density at radius 2 is 1.73 bits per heavy atom. The first-order chi connectivity index (χ1) is 6.66. The Labute approximate surface area is 98.7 Å². The molecule has 1 nitrogen and oxygen atoms in total. The van der Waals surface area contributed by atoms with Crippen LogP contribution in [0.2, 0.25) is 0 Å². The molecule has 1 atom stereocenters. The Bertz CT molecular complexity index is 347. The Hall–Kier alpha value is -0.530. The predicted octanol–water partition coefficient (Wildman–Crippen LogP) is 2.80. The Balaban J connectivity index is 0.00000112. The molecule has 84 valence electrons. The van der Waals surface area contributed by atoms with Crippen molar-refractivity contribution >= 4 is 12.4 Å². The highest BCUT2D eigenvalue weighted by Crippen LogP contribution is 2.19. The van der Waals surface area contributed by atoms with Gasteiger partial charge in [-0.15, -0.1) is 12.4 Å². The van der Waals surface area contributed by atoms with Gasteiger partial charge in [-0.25, -0.2) is 0 Å². The zero-order valence-corrected chi connectivity index (χ0v) is 10.6. The van der Waals surface area contributed by atoms with Crippen LogP contribution in [0.3, 0.4) is 0 Å². The van der Waals surface area contributed by atoms with Gasteiger partial charge in [-0.2, -0.15) is 0 Å². The van der Waals surface area contributed by atoms with Gasteiger partial charge in [-0.1, -0.05) is 12.1 Å². The monoisotopic (exact) mass is 225 g/mol. The van der Waals surface area contributed by atoms with E-state index in [4.69, 9.17) is 0 Å². The fourth-order valence-corrected chi connectivity index (χ4v) is 2.21. The van der Waals surface area contributed by atoms with Crippen molar-refractivity contribution in [1.29, 1.82) is 0 Å². The van der Waals surface area contributed by atoms with Crippen molar-refractivity contribution < 1.29 is 0 Å². The number of aryl methyl sites for hydroxylation is 2. The van der Waals surface area contributed by atoms with Crippen molar-refractivity contribution in [2.45, 2.75) is 39.7 Å². The van der Waals surface area contributed by atoms with Gasteiger partial charge in [0.05, 0.1) is 0 Å². The van der Waals surface area contributed by atoms with Crippen LogP contribution in [0.4, 0.5) is 0 Å². The molecule has 1 N–H and O–H groups in total. The zero-order valence-electron chi connectivity index (χ0n) is 9.76. The number of hydrogen-bond acceptors (Lipinski definition) is 1. The van der Waals surface area contributed by atoms with Gasteiger partial charge in [0, 0.05) is 6.04 Å². The number of rotatable bonds is 0. The van der Waals surface area contributed by atoms with E-state index in [1.54, 1.807) is 11.1 Å². The molecule has 0 saturated heterocycles. The van der Waals surface area contributed by atoms with E-state index in [0.717, 1.165) is 6.54 Å². The van der Waals surface area contributed by atoms with Crippen molar-refractivity contribution in [1.82, 2.24) is 5.32 Å². The smallest absolute Gasteiger partial charge is 0.00793 e. The molecule has 1 unspecified atom stereocenters. The Morgan fingerprint density at radius 3 is 2.40 bits per heavy atom. The highest BCUT2D eigenvalue weighted by molar-refractivity contribution is 5.85. The third kappa shape index (κ3) is 2.73. The van der Waals surface area contributed by atoms with Gasteiger partial charge in [0.25, 0.3) is 0 Å². The Morgan fingerprint density at radius 1 is 1.13 bits per heavy atom. The molecule has 15 heavy (non-hydrogen) atoms. The number of halogens is 1. The molecule has 0 amide bonds. The van der Waals surface area contributed by atoms with E-state index >= 15 is 0 Å². The zero-order chi connectivity index (χ0) is 10.1. The van der Waals surface area contributed by atoms with Gasteiger partial charge in [0.1, 0.15) is 0 Å². The van der Waals surface area contributed by atoms with Gasteiger partial charge in [0.15, 0.2) is 0 Å². The molecular formula is C13H20ClN. The molecule has 0 bridgehead atoms. The lowest BCUT2D eigenvalue weighted by Crippen LogP contribution is -2.27. The van der Waals surface area contributed by atoms with Crippen LogP contribution in [0.15, 0.2) is 12.1 Å². The molecule has 0 aromatic heterocycles. The van der Waals surface area contributed by atoms with E-state index in [9.17, 15) is 0 Å². The number of hydrogen-bond donors (Lipinski definition) is 1. The summed E-state index contributed by atoms with van der Waals surface area (Å²) in [5.74, 6) is 0. The molecule has 0 saturated carbocycles. The van der Waals surface area contributed by atoms with Crippen LogP contribution in [0.1, 0.15) is 29.2 Å². The first kappa shape index (κ1) is 12.5. The average Bonchev–Trinajstić information content (AvgIpc) is 2.28. The largest absolute Gasteiger partial charge is 0.314 e. The first-order valence-electron chi connectivity index (χ1n) is 5.49. The summed E-state index contributed by atoms with van der Waals surface area (Å²) in [6, 6.07) is 5.36. The maximum absolute atomic E-state index is 3.53. The minimum atomic E-state index is 0. The maximum atomic E-state index is 3.53. The van der Waals surface area contributed by atoms with Gasteiger partial charge >= 0.3 is 0 Å². The third-order valence-corrected chi connectivity index (χ3v) is 3.23. The maximum Gasteiger partial charge on any atom is 0.00793 e. The van der Waals surface area contributed by atoms with E-state index in [2.05, 4.69) is 38.2 Å². The highest BCUT2D eigenvalue weighted by Gasteiger charge is 2.13. The molecule has 1 aromatic rings. The van der Waals surface area contributed by atoms with Crippen LogP contribution in [0, 0.1) is 13.8 Å². The summed E-state index contributed by atoms with van der Waals surface area (Å²) < 4.78 is 0. The lowest BCUT2D eigenvalue weighted by atomic mass is 9.95. The second-order valence-electron chi connectivity index (χ2n) is 4.51. The lowest BCUT2D eigenvalue weighted by Gasteiger charge is -2.11. The van der Waals surface area contributed by atoms with Crippen LogP contribution < -0.4 is 5.32 Å². The number of benzene rings is 1. The van der Waals surface area contributed by atoms with Crippen LogP contribution in [-0.4, -0.2) is 12.6 Å². The number of fused-ring (bicyclic) bond motifs is 1. The summed E-state index contributed by atoms with van der Waals surface area (Å²) in [6.45, 7) is 7.80. The van der Waals surface area contributed by atoms with Crippen LogP contribution in [-0.2, 0) is 12.8 Å². The minimum Gasteiger partial charge on any atom is -0.314 e. The van der Waals surface area contributed by atoms with E-state index in [0.29, 0.717) is 6.04 Å². The average molecular weight is 226 g/mol. The van der Waals surface area contributed by atoms with Gasteiger partial charge in [-0.05, 0) is 62.4 Å². The van der Waals surface area contributed by atoms with E-state index < -0.39 is 0 Å². The van der Waals surface area contributed by atoms with Crippen LogP contribution in [0.25, 0.3) is 0 Å². The summed E-state index contributed by atoms with van der Waals surface area (Å²) in [6.07, 6.45) is 2.36. The summed E-state index contributed by atoms with van der Waals surface area (Å²) in [5, 5.41) is 3.53. The summed E-state index contributed by atoms with van der Waals surface area (Å²) >= 11 is 0. The predicted molar refractivity (Wildman–Crippen MR) is 68.0 cm³/mol. The summed E-state index contributed by atoms with van der Waals surface area (Å²) in [5.41, 5.74) is 5.95. The van der Waals surface area contributed by atoms with E-state index in [-0.39, 0.29) is 12.4 Å². The molecule has 0 aliphatic carbocycles. The fourth-order valence-electron chi connectivity index (χ4n) is 2.21. The lowest BCUT2D eigenvalue weighted by molar-refractivity contribution is 0.568. The topological polar surface area (TPSA) is 12.0 Å². The van der Waals surface area contributed by atoms with Crippen molar-refractivity contribution in [2.75, 3.05) is 6.54 Å². The number of nitrogens with one attached hydrogen (secondary N) is 1. The molecule has 0 fully saturated rings. The van der Waals surface area contributed by atoms with Crippen LogP contribution >= 0.6 is 12.4 Å². The van der Waals surface area contributed by atoms with Crippen molar-refractivity contribution in [3.63, 3.8) is 0 Å². The molecule has 1 aromatic carbocycles.